The van der Waals surface area contributed by atoms with E-state index >= 15 is 0 Å². The Kier molecular flexibility index (Phi) is 6.16. The summed E-state index contributed by atoms with van der Waals surface area (Å²) in [6.07, 6.45) is 0. The number of carbonyl (C=O) groups excluding carboxylic acids is 2. The molecule has 35 heavy (non-hydrogen) atoms. The zero-order valence-electron chi connectivity index (χ0n) is 18.6. The van der Waals surface area contributed by atoms with Crippen molar-refractivity contribution in [3.8, 4) is 11.5 Å². The first-order chi connectivity index (χ1) is 16.9. The summed E-state index contributed by atoms with van der Waals surface area (Å²) in [4.78, 5) is 28.6. The van der Waals surface area contributed by atoms with Crippen LogP contribution in [0.4, 0.5) is 5.69 Å². The first-order valence-corrected chi connectivity index (χ1v) is 12.1. The minimum atomic E-state index is -0.766. The van der Waals surface area contributed by atoms with E-state index in [4.69, 9.17) is 16.3 Å². The highest BCUT2D eigenvalue weighted by Crippen LogP contribution is 2.44. The van der Waals surface area contributed by atoms with Gasteiger partial charge in [0.05, 0.1) is 5.57 Å². The predicted octanol–water partition coefficient (Wildman–Crippen LogP) is 7.13. The maximum atomic E-state index is 13.2. The maximum absolute atomic E-state index is 13.2. The third kappa shape index (κ3) is 4.46. The molecule has 1 atom stereocenters. The van der Waals surface area contributed by atoms with Crippen LogP contribution in [-0.2, 0) is 9.59 Å². The summed E-state index contributed by atoms with van der Waals surface area (Å²) in [5.41, 5.74) is 2.00. The number of nitrogens with zero attached hydrogens (tertiary/aromatic N) is 1. The molecule has 0 saturated carbocycles. The van der Waals surface area contributed by atoms with Crippen LogP contribution >= 0.6 is 22.9 Å². The Morgan fingerprint density at radius 3 is 2.40 bits per heavy atom. The van der Waals surface area contributed by atoms with E-state index in [-0.39, 0.29) is 11.3 Å². The smallest absolute Gasteiger partial charge is 0.300 e. The quantitative estimate of drug-likeness (QED) is 0.179. The lowest BCUT2D eigenvalue weighted by Crippen LogP contribution is -2.29. The van der Waals surface area contributed by atoms with Gasteiger partial charge in [-0.3, -0.25) is 14.5 Å². The standard InChI is InChI=1S/C28H20ClNO4S/c1-17-5-2-8-22(15-17)34-21-12-10-20(11-13-21)30-25(23-9-4-14-35-23)24(27(32)28(30)33)26(31)18-6-3-7-19(29)16-18/h2-16,25,31H,1H3/b26-24-. The van der Waals surface area contributed by atoms with E-state index in [1.165, 1.54) is 16.2 Å². The largest absolute Gasteiger partial charge is 0.507 e. The van der Waals surface area contributed by atoms with Crippen LogP contribution in [0.2, 0.25) is 5.02 Å². The summed E-state index contributed by atoms with van der Waals surface area (Å²) >= 11 is 7.50. The van der Waals surface area contributed by atoms with Crippen LogP contribution in [-0.4, -0.2) is 16.8 Å². The van der Waals surface area contributed by atoms with Crippen LogP contribution in [0, 0.1) is 6.92 Å². The molecule has 1 N–H and O–H groups in total. The first-order valence-electron chi connectivity index (χ1n) is 10.9. The fourth-order valence-corrected chi connectivity index (χ4v) is 5.11. The number of aliphatic hydroxyl groups is 1. The van der Waals surface area contributed by atoms with Gasteiger partial charge in [0, 0.05) is 21.2 Å². The SMILES string of the molecule is Cc1cccc(Oc2ccc(N3C(=O)C(=O)/C(=C(\O)c4cccc(Cl)c4)C3c3cccs3)cc2)c1. The zero-order valence-corrected chi connectivity index (χ0v) is 20.2. The van der Waals surface area contributed by atoms with Crippen molar-refractivity contribution in [2.24, 2.45) is 0 Å². The Labute approximate surface area is 211 Å². The van der Waals surface area contributed by atoms with Gasteiger partial charge in [0.1, 0.15) is 23.3 Å². The van der Waals surface area contributed by atoms with Gasteiger partial charge < -0.3 is 9.84 Å². The summed E-state index contributed by atoms with van der Waals surface area (Å²) < 4.78 is 5.92. The van der Waals surface area contributed by atoms with Crippen LogP contribution in [0.15, 0.2) is 95.9 Å². The minimum Gasteiger partial charge on any atom is -0.507 e. The van der Waals surface area contributed by atoms with E-state index in [9.17, 15) is 14.7 Å². The molecule has 3 aromatic carbocycles. The second-order valence-electron chi connectivity index (χ2n) is 8.11. The van der Waals surface area contributed by atoms with Gasteiger partial charge in [0.2, 0.25) is 0 Å². The number of hydrogen-bond donors (Lipinski definition) is 1. The highest BCUT2D eigenvalue weighted by Gasteiger charge is 2.47. The molecule has 0 aliphatic carbocycles. The van der Waals surface area contributed by atoms with E-state index in [0.717, 1.165) is 10.4 Å². The number of ether oxygens (including phenoxy) is 1. The Balaban J connectivity index is 1.55. The van der Waals surface area contributed by atoms with Crippen LogP contribution in [0.25, 0.3) is 5.76 Å². The van der Waals surface area contributed by atoms with Gasteiger partial charge >= 0.3 is 0 Å². The van der Waals surface area contributed by atoms with Crippen molar-refractivity contribution in [2.45, 2.75) is 13.0 Å². The van der Waals surface area contributed by atoms with Gasteiger partial charge in [-0.1, -0.05) is 41.9 Å². The van der Waals surface area contributed by atoms with Crippen LogP contribution in [0.5, 0.6) is 11.5 Å². The van der Waals surface area contributed by atoms with Gasteiger partial charge in [-0.05, 0) is 72.5 Å². The Morgan fingerprint density at radius 2 is 1.71 bits per heavy atom. The average Bonchev–Trinajstić information content (AvgIpc) is 3.46. The van der Waals surface area contributed by atoms with E-state index < -0.39 is 17.7 Å². The predicted molar refractivity (Wildman–Crippen MR) is 138 cm³/mol. The second-order valence-corrected chi connectivity index (χ2v) is 9.52. The molecule has 5 nitrogen and oxygen atoms in total. The van der Waals surface area contributed by atoms with Gasteiger partial charge in [0.15, 0.2) is 0 Å². The molecule has 0 bridgehead atoms. The van der Waals surface area contributed by atoms with Crippen LogP contribution in [0.1, 0.15) is 22.0 Å². The van der Waals surface area contributed by atoms with E-state index in [1.807, 2.05) is 48.7 Å². The molecule has 4 aromatic rings. The number of halogens is 1. The topological polar surface area (TPSA) is 66.8 Å². The number of hydrogen-bond acceptors (Lipinski definition) is 5. The van der Waals surface area contributed by atoms with Crippen molar-refractivity contribution in [3.63, 3.8) is 0 Å². The number of anilines is 1. The molecule has 1 aromatic heterocycles. The first kappa shape index (κ1) is 22.9. The van der Waals surface area contributed by atoms with Gasteiger partial charge in [-0.15, -0.1) is 11.3 Å². The molecule has 1 aliphatic rings. The molecule has 5 rings (SSSR count). The molecule has 1 amide bonds. The van der Waals surface area contributed by atoms with Crippen LogP contribution in [0.3, 0.4) is 0 Å². The van der Waals surface area contributed by atoms with E-state index in [0.29, 0.717) is 27.8 Å². The van der Waals surface area contributed by atoms with Crippen molar-refractivity contribution in [1.29, 1.82) is 0 Å². The molecule has 174 valence electrons. The maximum Gasteiger partial charge on any atom is 0.300 e. The van der Waals surface area contributed by atoms with Crippen molar-refractivity contribution in [3.05, 3.63) is 117 Å². The third-order valence-electron chi connectivity index (χ3n) is 5.70. The third-order valence-corrected chi connectivity index (χ3v) is 6.86. The Morgan fingerprint density at radius 1 is 0.943 bits per heavy atom. The highest BCUT2D eigenvalue weighted by atomic mass is 35.5. The van der Waals surface area contributed by atoms with Gasteiger partial charge in [-0.25, -0.2) is 0 Å². The fraction of sp³-hybridized carbons (Fsp3) is 0.0714. The number of rotatable bonds is 5. The van der Waals surface area contributed by atoms with Crippen molar-refractivity contribution < 1.29 is 19.4 Å². The number of aliphatic hydroxyl groups excluding tert-OH is 1. The Bertz CT molecular complexity index is 1440. The molecule has 1 fully saturated rings. The lowest BCUT2D eigenvalue weighted by Gasteiger charge is -2.24. The van der Waals surface area contributed by atoms with E-state index in [2.05, 4.69) is 0 Å². The molecule has 0 radical (unpaired) electrons. The summed E-state index contributed by atoms with van der Waals surface area (Å²) in [5, 5.41) is 13.4. The van der Waals surface area contributed by atoms with Crippen LogP contribution < -0.4 is 9.64 Å². The number of thiophene rings is 1. The number of ketones is 1. The summed E-state index contributed by atoms with van der Waals surface area (Å²) in [7, 11) is 0. The monoisotopic (exact) mass is 501 g/mol. The normalized spacial score (nSPS) is 17.1. The minimum absolute atomic E-state index is 0.0276. The molecule has 1 saturated heterocycles. The molecule has 0 spiro atoms. The number of aryl methyl sites for hydroxylation is 1. The lowest BCUT2D eigenvalue weighted by molar-refractivity contribution is -0.132. The summed E-state index contributed by atoms with van der Waals surface area (Å²) in [6, 6.07) is 24.2. The number of Topliss-reactive ketones (excluding diaryl/α,β-unsaturated/α-hetero) is 1. The molecule has 1 unspecified atom stereocenters. The van der Waals surface area contributed by atoms with Crippen molar-refractivity contribution in [2.75, 3.05) is 4.90 Å². The summed E-state index contributed by atoms with van der Waals surface area (Å²) in [5.74, 6) is -0.410. The number of carbonyl (C=O) groups is 2. The summed E-state index contributed by atoms with van der Waals surface area (Å²) in [6.45, 7) is 1.99. The fourth-order valence-electron chi connectivity index (χ4n) is 4.10. The molecular weight excluding hydrogens is 482 g/mol. The Hall–Kier alpha value is -3.87. The molecular formula is C28H20ClNO4S. The zero-order chi connectivity index (χ0) is 24.5. The molecule has 2 heterocycles. The molecule has 1 aliphatic heterocycles. The van der Waals surface area contributed by atoms with Crippen molar-refractivity contribution >= 4 is 46.1 Å². The number of amides is 1. The van der Waals surface area contributed by atoms with Gasteiger partial charge in [0.25, 0.3) is 11.7 Å². The van der Waals surface area contributed by atoms with E-state index in [1.54, 1.807) is 48.5 Å². The van der Waals surface area contributed by atoms with Crippen molar-refractivity contribution in [1.82, 2.24) is 0 Å². The average molecular weight is 502 g/mol. The second kappa shape index (κ2) is 9.41. The highest BCUT2D eigenvalue weighted by molar-refractivity contribution is 7.10. The lowest BCUT2D eigenvalue weighted by atomic mass is 10.00. The number of benzene rings is 3. The molecule has 7 heteroatoms. The van der Waals surface area contributed by atoms with Gasteiger partial charge in [-0.2, -0.15) is 0 Å².